The molecule has 4 fully saturated rings. The molecule has 4 nitrogen and oxygen atoms in total. The minimum absolute atomic E-state index is 0.00919. The molecule has 0 aliphatic carbocycles. The summed E-state index contributed by atoms with van der Waals surface area (Å²) in [5, 5.41) is 19.3. The van der Waals surface area contributed by atoms with Crippen molar-refractivity contribution < 1.29 is 20.0 Å². The molecule has 0 aromatic heterocycles. The fourth-order valence-electron chi connectivity index (χ4n) is 5.61. The smallest absolute Gasteiger partial charge is 0.240 e. The molecule has 1 aromatic carbocycles. The Hall–Kier alpha value is -1.26. The number of hydrogen-bond donors (Lipinski definition) is 4. The number of quaternary nitrogens is 2. The topological polar surface area (TPSA) is 49.3 Å². The summed E-state index contributed by atoms with van der Waals surface area (Å²) in [5.41, 5.74) is 2.12. The fourth-order valence-corrected chi connectivity index (χ4v) is 5.61. The van der Waals surface area contributed by atoms with Gasteiger partial charge in [-0.15, -0.1) is 0 Å². The monoisotopic (exact) mass is 276 g/mol. The number of phenolic OH excluding ortho intramolecular Hbond substituents is 2. The van der Waals surface area contributed by atoms with Gasteiger partial charge in [-0.2, -0.15) is 0 Å². The van der Waals surface area contributed by atoms with E-state index < -0.39 is 0 Å². The van der Waals surface area contributed by atoms with Crippen molar-refractivity contribution in [2.24, 2.45) is 10.8 Å². The summed E-state index contributed by atoms with van der Waals surface area (Å²) in [6, 6.07) is 5.36. The lowest BCUT2D eigenvalue weighted by atomic mass is 9.63. The molecule has 20 heavy (non-hydrogen) atoms. The SMILES string of the molecule is CC12C[NH+]3CC(C)(C[NH+](C1)C3c1ccc(O)c(O)c1)C2. The van der Waals surface area contributed by atoms with Crippen LogP contribution >= 0.6 is 0 Å². The van der Waals surface area contributed by atoms with Gasteiger partial charge in [0, 0.05) is 0 Å². The highest BCUT2D eigenvalue weighted by atomic mass is 16.3. The molecule has 0 amide bonds. The second kappa shape index (κ2) is 3.68. The zero-order chi connectivity index (χ0) is 14.1. The third-order valence-electron chi connectivity index (χ3n) is 5.62. The van der Waals surface area contributed by atoms with Gasteiger partial charge in [-0.1, -0.05) is 0 Å². The Balaban J connectivity index is 1.72. The number of benzene rings is 1. The van der Waals surface area contributed by atoms with Crippen molar-refractivity contribution in [3.05, 3.63) is 23.8 Å². The van der Waals surface area contributed by atoms with Gasteiger partial charge >= 0.3 is 0 Å². The first-order valence-electron chi connectivity index (χ1n) is 7.59. The van der Waals surface area contributed by atoms with Crippen molar-refractivity contribution in [3.8, 4) is 11.5 Å². The normalized spacial score (nSPS) is 45.8. The van der Waals surface area contributed by atoms with E-state index in [-0.39, 0.29) is 11.5 Å². The molecule has 4 heteroatoms. The van der Waals surface area contributed by atoms with Gasteiger partial charge in [-0.05, 0) is 38.5 Å². The summed E-state index contributed by atoms with van der Waals surface area (Å²) in [6.45, 7) is 9.82. The zero-order valence-corrected chi connectivity index (χ0v) is 12.2. The van der Waals surface area contributed by atoms with Gasteiger partial charge in [0.15, 0.2) is 11.5 Å². The van der Waals surface area contributed by atoms with Crippen LogP contribution in [-0.4, -0.2) is 36.4 Å². The minimum atomic E-state index is -0.0218. The summed E-state index contributed by atoms with van der Waals surface area (Å²) < 4.78 is 0. The van der Waals surface area contributed by atoms with E-state index >= 15 is 0 Å². The molecule has 4 aliphatic rings. The number of hydrogen-bond acceptors (Lipinski definition) is 2. The van der Waals surface area contributed by atoms with Gasteiger partial charge in [0.1, 0.15) is 0 Å². The Labute approximate surface area is 119 Å². The fraction of sp³-hybridized carbons (Fsp3) is 0.625. The van der Waals surface area contributed by atoms with Crippen molar-refractivity contribution in [3.63, 3.8) is 0 Å². The average Bonchev–Trinajstić information content (AvgIpc) is 2.29. The predicted molar refractivity (Wildman–Crippen MR) is 74.7 cm³/mol. The van der Waals surface area contributed by atoms with Crippen LogP contribution in [0.4, 0.5) is 0 Å². The molecule has 0 spiro atoms. The maximum absolute atomic E-state index is 9.79. The van der Waals surface area contributed by atoms with Crippen LogP contribution < -0.4 is 9.80 Å². The number of nitrogens with one attached hydrogen (secondary N) is 2. The molecule has 0 atom stereocenters. The molecule has 4 N–H and O–H groups in total. The van der Waals surface area contributed by atoms with Crippen LogP contribution in [0.3, 0.4) is 0 Å². The van der Waals surface area contributed by atoms with Crippen LogP contribution in [0.25, 0.3) is 0 Å². The van der Waals surface area contributed by atoms with Crippen molar-refractivity contribution in [1.29, 1.82) is 0 Å². The van der Waals surface area contributed by atoms with E-state index in [1.54, 1.807) is 21.9 Å². The van der Waals surface area contributed by atoms with E-state index in [0.717, 1.165) is 5.56 Å². The highest BCUT2D eigenvalue weighted by Crippen LogP contribution is 2.39. The van der Waals surface area contributed by atoms with Gasteiger partial charge < -0.3 is 10.2 Å². The van der Waals surface area contributed by atoms with Crippen molar-refractivity contribution in [2.75, 3.05) is 26.2 Å². The summed E-state index contributed by atoms with van der Waals surface area (Å²) in [6.07, 6.45) is 1.78. The summed E-state index contributed by atoms with van der Waals surface area (Å²) in [4.78, 5) is 3.30. The molecule has 5 rings (SSSR count). The van der Waals surface area contributed by atoms with Crippen molar-refractivity contribution in [1.82, 2.24) is 0 Å². The molecule has 0 unspecified atom stereocenters. The number of aromatic hydroxyl groups is 2. The van der Waals surface area contributed by atoms with Gasteiger partial charge in [0.25, 0.3) is 0 Å². The van der Waals surface area contributed by atoms with Gasteiger partial charge in [-0.25, -0.2) is 0 Å². The van der Waals surface area contributed by atoms with Crippen LogP contribution in [0.5, 0.6) is 11.5 Å². The lowest BCUT2D eigenvalue weighted by Crippen LogP contribution is -3.40. The van der Waals surface area contributed by atoms with E-state index in [0.29, 0.717) is 17.0 Å². The maximum Gasteiger partial charge on any atom is 0.240 e. The van der Waals surface area contributed by atoms with Crippen LogP contribution in [-0.2, 0) is 0 Å². The standard InChI is InChI=1S/C16H22N2O2/c1-15-6-16(2)9-17(7-15)14(18(8-15)10-16)11-3-4-12(19)13(20)5-11/h3-5,14,19-20H,6-10H2,1-2H3/p+2. The molecular weight excluding hydrogens is 252 g/mol. The van der Waals surface area contributed by atoms with Gasteiger partial charge in [0.2, 0.25) is 6.17 Å². The first-order valence-corrected chi connectivity index (χ1v) is 7.59. The second-order valence-corrected chi connectivity index (χ2v) is 8.00. The van der Waals surface area contributed by atoms with Crippen LogP contribution in [0.1, 0.15) is 32.0 Å². The minimum Gasteiger partial charge on any atom is -0.504 e. The maximum atomic E-state index is 9.79. The highest BCUT2D eigenvalue weighted by molar-refractivity contribution is 5.40. The third kappa shape index (κ3) is 1.68. The molecule has 4 heterocycles. The third-order valence-corrected chi connectivity index (χ3v) is 5.62. The number of phenols is 2. The molecule has 108 valence electrons. The average molecular weight is 276 g/mol. The Morgan fingerprint density at radius 1 is 0.950 bits per heavy atom. The Morgan fingerprint density at radius 2 is 1.50 bits per heavy atom. The first-order chi connectivity index (χ1) is 9.38. The lowest BCUT2D eigenvalue weighted by Gasteiger charge is -2.60. The molecule has 4 bridgehead atoms. The van der Waals surface area contributed by atoms with Crippen LogP contribution in [0.15, 0.2) is 18.2 Å². The zero-order valence-electron chi connectivity index (χ0n) is 12.2. The molecule has 1 aromatic rings. The molecule has 4 aliphatic heterocycles. The van der Waals surface area contributed by atoms with Crippen LogP contribution in [0.2, 0.25) is 0 Å². The highest BCUT2D eigenvalue weighted by Gasteiger charge is 2.62. The number of rotatable bonds is 1. The predicted octanol–water partition coefficient (Wildman–Crippen LogP) is -0.690. The second-order valence-electron chi connectivity index (χ2n) is 8.00. The Kier molecular flexibility index (Phi) is 2.30. The largest absolute Gasteiger partial charge is 0.504 e. The Bertz CT molecular complexity index is 536. The van der Waals surface area contributed by atoms with Crippen LogP contribution in [0, 0.1) is 10.8 Å². The molecule has 0 saturated carbocycles. The van der Waals surface area contributed by atoms with E-state index in [9.17, 15) is 10.2 Å². The van der Waals surface area contributed by atoms with Gasteiger partial charge in [-0.3, -0.25) is 9.80 Å². The van der Waals surface area contributed by atoms with Crippen molar-refractivity contribution >= 4 is 0 Å². The lowest BCUT2D eigenvalue weighted by molar-refractivity contribution is -1.18. The summed E-state index contributed by atoms with van der Waals surface area (Å²) >= 11 is 0. The summed E-state index contributed by atoms with van der Waals surface area (Å²) in [5.74, 6) is -0.0126. The Morgan fingerprint density at radius 3 is 2.00 bits per heavy atom. The molecular formula is C16H24N2O2+2. The van der Waals surface area contributed by atoms with E-state index in [2.05, 4.69) is 13.8 Å². The van der Waals surface area contributed by atoms with Crippen molar-refractivity contribution in [2.45, 2.75) is 26.4 Å². The quantitative estimate of drug-likeness (QED) is 0.513. The summed E-state index contributed by atoms with van der Waals surface area (Å²) in [7, 11) is 0. The van der Waals surface area contributed by atoms with Gasteiger partial charge in [0.05, 0.1) is 42.6 Å². The molecule has 4 saturated heterocycles. The van der Waals surface area contributed by atoms with E-state index in [1.807, 2.05) is 6.07 Å². The van der Waals surface area contributed by atoms with E-state index in [1.165, 1.54) is 32.6 Å². The number of piperidine rings is 2. The first kappa shape index (κ1) is 12.5. The molecule has 0 radical (unpaired) electrons. The van der Waals surface area contributed by atoms with E-state index in [4.69, 9.17) is 0 Å².